The average molecular weight is 147 g/mol. The summed E-state index contributed by atoms with van der Waals surface area (Å²) in [6.07, 6.45) is 7.20. The molecule has 0 radical (unpaired) electrons. The zero-order valence-corrected chi connectivity index (χ0v) is 5.64. The molecule has 0 atom stereocenters. The number of carbonyl (C=O) groups excluding carboxylic acids is 1. The molecule has 0 saturated carbocycles. The van der Waals surface area contributed by atoms with Crippen LogP contribution in [-0.2, 0) is 0 Å². The van der Waals surface area contributed by atoms with E-state index in [1.165, 1.54) is 6.20 Å². The second-order valence-corrected chi connectivity index (χ2v) is 2.16. The Balaban J connectivity index is 2.76. The van der Waals surface area contributed by atoms with Gasteiger partial charge in [0, 0.05) is 18.0 Å². The second kappa shape index (κ2) is 2.16. The minimum Gasteiger partial charge on any atom is -0.298 e. The van der Waals surface area contributed by atoms with Gasteiger partial charge in [0.05, 0.1) is 6.20 Å². The Morgan fingerprint density at radius 2 is 2.36 bits per heavy atom. The molecule has 0 aromatic carbocycles. The van der Waals surface area contributed by atoms with Gasteiger partial charge in [0.15, 0.2) is 11.9 Å². The first-order chi connectivity index (χ1) is 5.40. The third-order valence-corrected chi connectivity index (χ3v) is 1.42. The quantitative estimate of drug-likeness (QED) is 0.553. The van der Waals surface area contributed by atoms with Crippen LogP contribution < -0.4 is 0 Å². The number of rotatable bonds is 1. The van der Waals surface area contributed by atoms with E-state index >= 15 is 0 Å². The molecule has 2 aromatic heterocycles. The highest BCUT2D eigenvalue weighted by Crippen LogP contribution is 1.98. The van der Waals surface area contributed by atoms with E-state index in [1.54, 1.807) is 23.1 Å². The van der Waals surface area contributed by atoms with Crippen molar-refractivity contribution < 1.29 is 4.79 Å². The molecule has 2 rings (SSSR count). The number of nitrogens with zero attached hydrogens (tertiary/aromatic N) is 3. The van der Waals surface area contributed by atoms with Crippen molar-refractivity contribution in [3.8, 4) is 0 Å². The fourth-order valence-corrected chi connectivity index (χ4v) is 0.893. The molecule has 54 valence electrons. The Labute approximate surface area is 62.5 Å². The van der Waals surface area contributed by atoms with Gasteiger partial charge in [-0.1, -0.05) is 0 Å². The van der Waals surface area contributed by atoms with E-state index in [0.29, 0.717) is 5.56 Å². The monoisotopic (exact) mass is 147 g/mol. The van der Waals surface area contributed by atoms with Crippen LogP contribution in [0.1, 0.15) is 10.4 Å². The van der Waals surface area contributed by atoms with E-state index in [1.807, 2.05) is 0 Å². The largest absolute Gasteiger partial charge is 0.298 e. The van der Waals surface area contributed by atoms with Crippen molar-refractivity contribution >= 4 is 11.9 Å². The van der Waals surface area contributed by atoms with Gasteiger partial charge in [-0.15, -0.1) is 0 Å². The van der Waals surface area contributed by atoms with Gasteiger partial charge in [0.25, 0.3) is 0 Å². The summed E-state index contributed by atoms with van der Waals surface area (Å²) >= 11 is 0. The van der Waals surface area contributed by atoms with Crippen LogP contribution >= 0.6 is 0 Å². The molecule has 0 aliphatic rings. The SMILES string of the molecule is O=Cc1cnc2cncn2c1. The topological polar surface area (TPSA) is 47.3 Å². The first-order valence-electron chi connectivity index (χ1n) is 3.13. The molecule has 11 heavy (non-hydrogen) atoms. The molecule has 2 heterocycles. The fraction of sp³-hybridized carbons (Fsp3) is 0. The molecule has 0 unspecified atom stereocenters. The Morgan fingerprint density at radius 3 is 3.18 bits per heavy atom. The predicted octanol–water partition coefficient (Wildman–Crippen LogP) is 0.542. The van der Waals surface area contributed by atoms with Gasteiger partial charge < -0.3 is 0 Å². The highest BCUT2D eigenvalue weighted by molar-refractivity contribution is 5.73. The zero-order valence-electron chi connectivity index (χ0n) is 5.64. The molecule has 0 bridgehead atoms. The average Bonchev–Trinajstić information content (AvgIpc) is 2.50. The lowest BCUT2D eigenvalue weighted by molar-refractivity contribution is 0.112. The Kier molecular flexibility index (Phi) is 1.18. The van der Waals surface area contributed by atoms with Crippen molar-refractivity contribution in [3.63, 3.8) is 0 Å². The van der Waals surface area contributed by atoms with E-state index in [4.69, 9.17) is 0 Å². The van der Waals surface area contributed by atoms with E-state index in [9.17, 15) is 4.79 Å². The van der Waals surface area contributed by atoms with Crippen LogP contribution in [-0.4, -0.2) is 20.7 Å². The van der Waals surface area contributed by atoms with Crippen molar-refractivity contribution in [2.45, 2.75) is 0 Å². The Morgan fingerprint density at radius 1 is 1.45 bits per heavy atom. The Hall–Kier alpha value is -1.71. The maximum absolute atomic E-state index is 10.3. The van der Waals surface area contributed by atoms with E-state index in [-0.39, 0.29) is 0 Å². The van der Waals surface area contributed by atoms with Gasteiger partial charge in [-0.25, -0.2) is 9.97 Å². The van der Waals surface area contributed by atoms with Crippen LogP contribution in [0, 0.1) is 0 Å². The summed E-state index contributed by atoms with van der Waals surface area (Å²) in [5, 5.41) is 0. The summed E-state index contributed by atoms with van der Waals surface area (Å²) in [4.78, 5) is 18.1. The van der Waals surface area contributed by atoms with Crippen molar-refractivity contribution in [1.29, 1.82) is 0 Å². The molecular weight excluding hydrogens is 142 g/mol. The first-order valence-corrected chi connectivity index (χ1v) is 3.13. The molecule has 0 aliphatic heterocycles. The van der Waals surface area contributed by atoms with E-state index in [0.717, 1.165) is 11.9 Å². The molecule has 0 N–H and O–H groups in total. The lowest BCUT2D eigenvalue weighted by Crippen LogP contribution is -1.89. The van der Waals surface area contributed by atoms with Crippen molar-refractivity contribution in [2.75, 3.05) is 0 Å². The highest BCUT2D eigenvalue weighted by atomic mass is 16.1. The van der Waals surface area contributed by atoms with Crippen molar-refractivity contribution in [1.82, 2.24) is 14.4 Å². The van der Waals surface area contributed by atoms with Gasteiger partial charge in [0.1, 0.15) is 6.33 Å². The minimum absolute atomic E-state index is 0.551. The van der Waals surface area contributed by atoms with Gasteiger partial charge in [-0.05, 0) is 0 Å². The highest BCUT2D eigenvalue weighted by Gasteiger charge is 1.94. The van der Waals surface area contributed by atoms with Crippen LogP contribution in [0.15, 0.2) is 24.9 Å². The number of aromatic nitrogens is 3. The van der Waals surface area contributed by atoms with Crippen molar-refractivity contribution in [3.05, 3.63) is 30.5 Å². The fourth-order valence-electron chi connectivity index (χ4n) is 0.893. The number of hydrogen-bond donors (Lipinski definition) is 0. The molecule has 4 heteroatoms. The van der Waals surface area contributed by atoms with Crippen LogP contribution in [0.25, 0.3) is 5.65 Å². The normalized spacial score (nSPS) is 10.2. The molecule has 0 aliphatic carbocycles. The summed E-state index contributed by atoms with van der Waals surface area (Å²) in [5.41, 5.74) is 1.30. The summed E-state index contributed by atoms with van der Waals surface area (Å²) in [7, 11) is 0. The van der Waals surface area contributed by atoms with E-state index < -0.39 is 0 Å². The standard InChI is InChI=1S/C7H5N3O/c11-4-6-1-9-7-2-8-5-10(7)3-6/h1-5H. The first kappa shape index (κ1) is 6.03. The summed E-state index contributed by atoms with van der Waals surface area (Å²) in [5.74, 6) is 0. The number of hydrogen-bond acceptors (Lipinski definition) is 3. The van der Waals surface area contributed by atoms with Gasteiger partial charge in [-0.3, -0.25) is 9.20 Å². The molecule has 0 saturated heterocycles. The van der Waals surface area contributed by atoms with Gasteiger partial charge in [0.2, 0.25) is 0 Å². The zero-order chi connectivity index (χ0) is 7.68. The lowest BCUT2D eigenvalue weighted by atomic mass is 10.4. The number of carbonyl (C=O) groups is 1. The second-order valence-electron chi connectivity index (χ2n) is 2.16. The number of aldehydes is 1. The Bertz CT molecular complexity index is 393. The summed E-state index contributed by atoms with van der Waals surface area (Å²) in [6.45, 7) is 0. The smallest absolute Gasteiger partial charge is 0.156 e. The third kappa shape index (κ3) is 0.881. The molecule has 4 nitrogen and oxygen atoms in total. The van der Waals surface area contributed by atoms with Gasteiger partial charge in [-0.2, -0.15) is 0 Å². The van der Waals surface area contributed by atoms with Crippen LogP contribution in [0.4, 0.5) is 0 Å². The minimum atomic E-state index is 0.551. The maximum Gasteiger partial charge on any atom is 0.156 e. The summed E-state index contributed by atoms with van der Waals surface area (Å²) < 4.78 is 1.70. The molecule has 0 spiro atoms. The van der Waals surface area contributed by atoms with Crippen LogP contribution in [0.5, 0.6) is 0 Å². The molecule has 2 aromatic rings. The third-order valence-electron chi connectivity index (χ3n) is 1.42. The molecule has 0 fully saturated rings. The van der Waals surface area contributed by atoms with Crippen LogP contribution in [0.3, 0.4) is 0 Å². The summed E-state index contributed by atoms with van der Waals surface area (Å²) in [6, 6.07) is 0. The maximum atomic E-state index is 10.3. The lowest BCUT2D eigenvalue weighted by Gasteiger charge is -1.91. The molecular formula is C7H5N3O. The van der Waals surface area contributed by atoms with Gasteiger partial charge >= 0.3 is 0 Å². The van der Waals surface area contributed by atoms with Crippen LogP contribution in [0.2, 0.25) is 0 Å². The van der Waals surface area contributed by atoms with Crippen molar-refractivity contribution in [2.24, 2.45) is 0 Å². The molecule has 0 amide bonds. The predicted molar refractivity (Wildman–Crippen MR) is 38.4 cm³/mol. The number of fused-ring (bicyclic) bond motifs is 1. The number of imidazole rings is 1. The van der Waals surface area contributed by atoms with E-state index in [2.05, 4.69) is 9.97 Å².